The third kappa shape index (κ3) is 4.09. The van der Waals surface area contributed by atoms with Crippen molar-refractivity contribution in [2.45, 2.75) is 58.8 Å². The molecule has 1 fully saturated rings. The summed E-state index contributed by atoms with van der Waals surface area (Å²) in [5.74, 6) is 1.58. The van der Waals surface area contributed by atoms with Gasteiger partial charge in [-0.1, -0.05) is 38.8 Å². The van der Waals surface area contributed by atoms with Gasteiger partial charge in [-0.15, -0.1) is 0 Å². The molecule has 110 valence electrons. The Labute approximate surface area is 122 Å². The van der Waals surface area contributed by atoms with Gasteiger partial charge in [0, 0.05) is 0 Å². The zero-order chi connectivity index (χ0) is 14.4. The minimum absolute atomic E-state index is 0.0378. The van der Waals surface area contributed by atoms with E-state index in [0.29, 0.717) is 5.75 Å². The Kier molecular flexibility index (Phi) is 5.63. The number of rotatable bonds is 5. The van der Waals surface area contributed by atoms with Crippen molar-refractivity contribution in [3.05, 3.63) is 29.8 Å². The highest BCUT2D eigenvalue weighted by Gasteiger charge is 2.27. The Bertz CT molecular complexity index is 414. The van der Waals surface area contributed by atoms with E-state index < -0.39 is 0 Å². The normalized spacial score (nSPS) is 22.5. The van der Waals surface area contributed by atoms with Gasteiger partial charge in [0.15, 0.2) is 0 Å². The van der Waals surface area contributed by atoms with Crippen LogP contribution in [0, 0.1) is 11.8 Å². The molecule has 0 unspecified atom stereocenters. The lowest BCUT2D eigenvalue weighted by Crippen LogP contribution is -2.25. The first-order valence-corrected chi connectivity index (χ1v) is 8.03. The molecule has 2 rings (SSSR count). The molecule has 0 radical (unpaired) electrons. The minimum atomic E-state index is -0.0378. The van der Waals surface area contributed by atoms with Crippen LogP contribution in [-0.4, -0.2) is 5.97 Å². The summed E-state index contributed by atoms with van der Waals surface area (Å²) < 4.78 is 5.51. The predicted octanol–water partition coefficient (Wildman–Crippen LogP) is 4.76. The van der Waals surface area contributed by atoms with Crippen LogP contribution in [0.4, 0.5) is 0 Å². The molecule has 1 aliphatic carbocycles. The quantitative estimate of drug-likeness (QED) is 0.571. The molecule has 20 heavy (non-hydrogen) atoms. The fourth-order valence-corrected chi connectivity index (χ4v) is 3.09. The van der Waals surface area contributed by atoms with Gasteiger partial charge in [0.25, 0.3) is 0 Å². The number of benzene rings is 1. The SMILES string of the molecule is CCC[C@H]1CC[C@H](C(=O)Oc2ccc(CC)cc2)CC1. The van der Waals surface area contributed by atoms with Gasteiger partial charge in [-0.25, -0.2) is 0 Å². The summed E-state index contributed by atoms with van der Waals surface area (Å²) >= 11 is 0. The summed E-state index contributed by atoms with van der Waals surface area (Å²) in [7, 11) is 0. The standard InChI is InChI=1S/C18H26O2/c1-3-5-15-6-10-16(11-7-15)18(19)20-17-12-8-14(4-2)9-13-17/h8-9,12-13,15-16H,3-7,10-11H2,1-2H3/t15-,16-. The van der Waals surface area contributed by atoms with Crippen LogP contribution in [0.3, 0.4) is 0 Å². The molecule has 1 aromatic rings. The summed E-state index contributed by atoms with van der Waals surface area (Å²) in [4.78, 5) is 12.2. The van der Waals surface area contributed by atoms with Crippen molar-refractivity contribution in [2.24, 2.45) is 11.8 Å². The number of carbonyl (C=O) groups is 1. The van der Waals surface area contributed by atoms with Gasteiger partial charge in [0.2, 0.25) is 0 Å². The van der Waals surface area contributed by atoms with E-state index in [1.54, 1.807) is 0 Å². The van der Waals surface area contributed by atoms with Gasteiger partial charge in [-0.05, 0) is 55.7 Å². The number of esters is 1. The van der Waals surface area contributed by atoms with E-state index in [1.165, 1.54) is 31.2 Å². The Hall–Kier alpha value is -1.31. The lowest BCUT2D eigenvalue weighted by molar-refractivity contribution is -0.140. The van der Waals surface area contributed by atoms with E-state index >= 15 is 0 Å². The fourth-order valence-electron chi connectivity index (χ4n) is 3.09. The van der Waals surface area contributed by atoms with Gasteiger partial charge in [-0.3, -0.25) is 4.79 Å². The average Bonchev–Trinajstić information content (AvgIpc) is 2.49. The average molecular weight is 274 g/mol. The molecule has 0 bridgehead atoms. The van der Waals surface area contributed by atoms with Gasteiger partial charge >= 0.3 is 5.97 Å². The van der Waals surface area contributed by atoms with Crippen LogP contribution in [-0.2, 0) is 11.2 Å². The summed E-state index contributed by atoms with van der Waals surface area (Å²) in [6, 6.07) is 7.86. The summed E-state index contributed by atoms with van der Waals surface area (Å²) in [6.45, 7) is 4.36. The second-order valence-electron chi connectivity index (χ2n) is 5.92. The number of hydrogen-bond donors (Lipinski definition) is 0. The van der Waals surface area contributed by atoms with Gasteiger partial charge in [0.1, 0.15) is 5.75 Å². The fraction of sp³-hybridized carbons (Fsp3) is 0.611. The van der Waals surface area contributed by atoms with Crippen LogP contribution in [0.1, 0.15) is 57.9 Å². The van der Waals surface area contributed by atoms with Crippen molar-refractivity contribution in [2.75, 3.05) is 0 Å². The number of ether oxygens (including phenoxy) is 1. The smallest absolute Gasteiger partial charge is 0.314 e. The first-order chi connectivity index (χ1) is 9.72. The Morgan fingerprint density at radius 2 is 1.75 bits per heavy atom. The number of aryl methyl sites for hydroxylation is 1. The molecule has 1 aliphatic rings. The summed E-state index contributed by atoms with van der Waals surface area (Å²) in [6.07, 6.45) is 7.93. The third-order valence-corrected chi connectivity index (χ3v) is 4.43. The first-order valence-electron chi connectivity index (χ1n) is 8.03. The van der Waals surface area contributed by atoms with Crippen LogP contribution in [0.25, 0.3) is 0 Å². The van der Waals surface area contributed by atoms with Crippen LogP contribution < -0.4 is 4.74 Å². The maximum absolute atomic E-state index is 12.2. The monoisotopic (exact) mass is 274 g/mol. The molecule has 1 saturated carbocycles. The first kappa shape index (κ1) is 15.1. The lowest BCUT2D eigenvalue weighted by atomic mass is 9.80. The minimum Gasteiger partial charge on any atom is -0.426 e. The molecule has 0 aliphatic heterocycles. The molecule has 0 heterocycles. The van der Waals surface area contributed by atoms with Crippen molar-refractivity contribution < 1.29 is 9.53 Å². The second-order valence-corrected chi connectivity index (χ2v) is 5.92. The van der Waals surface area contributed by atoms with Gasteiger partial charge in [0.05, 0.1) is 5.92 Å². The molecule has 0 atom stereocenters. The zero-order valence-electron chi connectivity index (χ0n) is 12.7. The highest BCUT2D eigenvalue weighted by Crippen LogP contribution is 2.32. The van der Waals surface area contributed by atoms with Crippen LogP contribution in [0.5, 0.6) is 5.75 Å². The molecule has 1 aromatic carbocycles. The molecule has 0 spiro atoms. The molecule has 2 nitrogen and oxygen atoms in total. The second kappa shape index (κ2) is 7.47. The highest BCUT2D eigenvalue weighted by atomic mass is 16.5. The van der Waals surface area contributed by atoms with E-state index in [9.17, 15) is 4.79 Å². The van der Waals surface area contributed by atoms with Crippen molar-refractivity contribution >= 4 is 5.97 Å². The summed E-state index contributed by atoms with van der Waals surface area (Å²) in [5.41, 5.74) is 1.27. The number of carbonyl (C=O) groups excluding carboxylic acids is 1. The van der Waals surface area contributed by atoms with E-state index in [-0.39, 0.29) is 11.9 Å². The molecule has 0 amide bonds. The zero-order valence-corrected chi connectivity index (χ0v) is 12.7. The third-order valence-electron chi connectivity index (χ3n) is 4.43. The Balaban J connectivity index is 1.83. The highest BCUT2D eigenvalue weighted by molar-refractivity contribution is 5.75. The molecule has 0 aromatic heterocycles. The van der Waals surface area contributed by atoms with Gasteiger partial charge < -0.3 is 4.74 Å². The van der Waals surface area contributed by atoms with E-state index in [2.05, 4.69) is 13.8 Å². The van der Waals surface area contributed by atoms with E-state index in [4.69, 9.17) is 4.74 Å². The van der Waals surface area contributed by atoms with Crippen molar-refractivity contribution in [3.63, 3.8) is 0 Å². The maximum Gasteiger partial charge on any atom is 0.314 e. The molecular formula is C18H26O2. The number of hydrogen-bond acceptors (Lipinski definition) is 2. The topological polar surface area (TPSA) is 26.3 Å². The predicted molar refractivity (Wildman–Crippen MR) is 81.8 cm³/mol. The van der Waals surface area contributed by atoms with Crippen molar-refractivity contribution in [1.29, 1.82) is 0 Å². The molecule has 0 N–H and O–H groups in total. The molecule has 0 saturated heterocycles. The van der Waals surface area contributed by atoms with Crippen molar-refractivity contribution in [3.8, 4) is 5.75 Å². The summed E-state index contributed by atoms with van der Waals surface area (Å²) in [5, 5.41) is 0. The van der Waals surface area contributed by atoms with Crippen LogP contribution >= 0.6 is 0 Å². The Morgan fingerprint density at radius 3 is 2.30 bits per heavy atom. The van der Waals surface area contributed by atoms with E-state index in [0.717, 1.165) is 25.2 Å². The van der Waals surface area contributed by atoms with Crippen LogP contribution in [0.2, 0.25) is 0 Å². The van der Waals surface area contributed by atoms with Gasteiger partial charge in [-0.2, -0.15) is 0 Å². The largest absolute Gasteiger partial charge is 0.426 e. The maximum atomic E-state index is 12.2. The molecule has 2 heteroatoms. The lowest BCUT2D eigenvalue weighted by Gasteiger charge is -2.26. The molecular weight excluding hydrogens is 248 g/mol. The van der Waals surface area contributed by atoms with Crippen molar-refractivity contribution in [1.82, 2.24) is 0 Å². The van der Waals surface area contributed by atoms with E-state index in [1.807, 2.05) is 24.3 Å². The Morgan fingerprint density at radius 1 is 1.10 bits per heavy atom. The van der Waals surface area contributed by atoms with Crippen LogP contribution in [0.15, 0.2) is 24.3 Å².